The Bertz CT molecular complexity index is 815. The van der Waals surface area contributed by atoms with E-state index in [9.17, 15) is 0 Å². The summed E-state index contributed by atoms with van der Waals surface area (Å²) in [5, 5.41) is 7.28. The molecule has 0 fully saturated rings. The van der Waals surface area contributed by atoms with E-state index in [2.05, 4.69) is 37.3 Å². The highest BCUT2D eigenvalue weighted by atomic mass is 16.5. The molecule has 0 aliphatic carbocycles. The fourth-order valence-corrected chi connectivity index (χ4v) is 2.28. The van der Waals surface area contributed by atoms with E-state index in [1.54, 1.807) is 6.20 Å². The Hall–Kier alpha value is -2.83. The summed E-state index contributed by atoms with van der Waals surface area (Å²) in [5.74, 6) is 3.03. The molecule has 3 aromatic rings. The fourth-order valence-electron chi connectivity index (χ4n) is 2.28. The second kappa shape index (κ2) is 7.83. The van der Waals surface area contributed by atoms with Crippen molar-refractivity contribution in [2.24, 2.45) is 0 Å². The lowest BCUT2D eigenvalue weighted by molar-refractivity contribution is 0.373. The number of hydrogen-bond acceptors (Lipinski definition) is 7. The summed E-state index contributed by atoms with van der Waals surface area (Å²) in [7, 11) is 0. The van der Waals surface area contributed by atoms with Gasteiger partial charge in [-0.3, -0.25) is 4.98 Å². The third-order valence-corrected chi connectivity index (χ3v) is 3.68. The molecule has 0 bridgehead atoms. The number of aryl methyl sites for hydroxylation is 1. The van der Waals surface area contributed by atoms with Gasteiger partial charge in [0.05, 0.1) is 0 Å². The quantitative estimate of drug-likeness (QED) is 0.707. The van der Waals surface area contributed by atoms with Gasteiger partial charge in [-0.1, -0.05) is 32.0 Å². The van der Waals surface area contributed by atoms with Crippen molar-refractivity contribution in [3.05, 3.63) is 47.9 Å². The van der Waals surface area contributed by atoms with Crippen LogP contribution in [0.4, 0.5) is 5.82 Å². The van der Waals surface area contributed by atoms with Gasteiger partial charge >= 0.3 is 0 Å². The minimum atomic E-state index is 0.264. The van der Waals surface area contributed by atoms with Crippen molar-refractivity contribution in [2.45, 2.75) is 39.5 Å². The third kappa shape index (κ3) is 4.37. The summed E-state index contributed by atoms with van der Waals surface area (Å²) in [5.41, 5.74) is 1.73. The Labute approximate surface area is 146 Å². The Morgan fingerprint density at radius 3 is 2.72 bits per heavy atom. The lowest BCUT2D eigenvalue weighted by atomic mass is 10.2. The molecule has 0 unspecified atom stereocenters. The molecule has 0 atom stereocenters. The van der Waals surface area contributed by atoms with Crippen LogP contribution < -0.4 is 5.32 Å². The molecule has 25 heavy (non-hydrogen) atoms. The number of hydrogen-bond donors (Lipinski definition) is 1. The molecule has 0 radical (unpaired) electrons. The SMILES string of the molecule is CCc1cc(NCCc2nc(C(C)C)no2)nc(-c2ccccn2)n1. The van der Waals surface area contributed by atoms with Crippen LogP contribution in [0.1, 0.15) is 44.1 Å². The Morgan fingerprint density at radius 2 is 2.04 bits per heavy atom. The van der Waals surface area contributed by atoms with E-state index in [1.807, 2.05) is 38.1 Å². The number of pyridine rings is 1. The summed E-state index contributed by atoms with van der Waals surface area (Å²) in [6, 6.07) is 7.67. The van der Waals surface area contributed by atoms with E-state index in [4.69, 9.17) is 4.52 Å². The van der Waals surface area contributed by atoms with E-state index < -0.39 is 0 Å². The van der Waals surface area contributed by atoms with Gasteiger partial charge in [-0.2, -0.15) is 4.98 Å². The summed E-state index contributed by atoms with van der Waals surface area (Å²) in [4.78, 5) is 17.8. The minimum absolute atomic E-state index is 0.264. The molecule has 3 rings (SSSR count). The molecule has 0 amide bonds. The maximum absolute atomic E-state index is 5.26. The maximum atomic E-state index is 5.26. The number of anilines is 1. The van der Waals surface area contributed by atoms with E-state index >= 15 is 0 Å². The first-order valence-electron chi connectivity index (χ1n) is 8.51. The van der Waals surface area contributed by atoms with Gasteiger partial charge in [0.25, 0.3) is 0 Å². The van der Waals surface area contributed by atoms with Crippen LogP contribution >= 0.6 is 0 Å². The number of nitrogens with one attached hydrogen (secondary N) is 1. The van der Waals surface area contributed by atoms with Crippen LogP contribution in [-0.4, -0.2) is 31.6 Å². The lowest BCUT2D eigenvalue weighted by Gasteiger charge is -2.08. The second-order valence-electron chi connectivity index (χ2n) is 6.01. The molecule has 0 spiro atoms. The van der Waals surface area contributed by atoms with E-state index in [0.717, 1.165) is 29.5 Å². The standard InChI is InChI=1S/C18H22N6O/c1-4-13-11-15(22-18(21-13)14-7-5-6-9-19-14)20-10-8-16-23-17(12(2)3)24-25-16/h5-7,9,11-12H,4,8,10H2,1-3H3,(H,20,21,22). The average Bonchev–Trinajstić information content (AvgIpc) is 3.11. The summed E-state index contributed by atoms with van der Waals surface area (Å²) in [6.07, 6.45) is 3.22. The van der Waals surface area contributed by atoms with Gasteiger partial charge < -0.3 is 9.84 Å². The molecule has 1 N–H and O–H groups in total. The Kier molecular flexibility index (Phi) is 5.33. The summed E-state index contributed by atoms with van der Waals surface area (Å²) in [6.45, 7) is 6.81. The number of nitrogens with zero attached hydrogens (tertiary/aromatic N) is 5. The smallest absolute Gasteiger partial charge is 0.228 e. The van der Waals surface area contributed by atoms with Gasteiger partial charge in [0, 0.05) is 36.8 Å². The zero-order valence-corrected chi connectivity index (χ0v) is 14.7. The molecule has 0 aliphatic rings. The van der Waals surface area contributed by atoms with Gasteiger partial charge in [0.2, 0.25) is 5.89 Å². The average molecular weight is 338 g/mol. The molecular weight excluding hydrogens is 316 g/mol. The van der Waals surface area contributed by atoms with Crippen LogP contribution in [0.25, 0.3) is 11.5 Å². The third-order valence-electron chi connectivity index (χ3n) is 3.68. The zero-order valence-electron chi connectivity index (χ0n) is 14.7. The molecule has 3 heterocycles. The fraction of sp³-hybridized carbons (Fsp3) is 0.389. The van der Waals surface area contributed by atoms with Crippen molar-refractivity contribution in [3.8, 4) is 11.5 Å². The van der Waals surface area contributed by atoms with Crippen molar-refractivity contribution < 1.29 is 4.52 Å². The largest absolute Gasteiger partial charge is 0.369 e. The topological polar surface area (TPSA) is 89.6 Å². The second-order valence-corrected chi connectivity index (χ2v) is 6.01. The minimum Gasteiger partial charge on any atom is -0.369 e. The molecular formula is C18H22N6O. The molecule has 0 saturated heterocycles. The van der Waals surface area contributed by atoms with Crippen LogP contribution in [0, 0.1) is 0 Å². The van der Waals surface area contributed by atoms with Crippen molar-refractivity contribution in [1.29, 1.82) is 0 Å². The van der Waals surface area contributed by atoms with E-state index in [1.165, 1.54) is 0 Å². The number of rotatable bonds is 7. The van der Waals surface area contributed by atoms with Crippen molar-refractivity contribution >= 4 is 5.82 Å². The normalized spacial score (nSPS) is 11.0. The van der Waals surface area contributed by atoms with Gasteiger partial charge in [0.15, 0.2) is 11.6 Å². The first-order valence-corrected chi connectivity index (χ1v) is 8.51. The van der Waals surface area contributed by atoms with Gasteiger partial charge in [-0.25, -0.2) is 9.97 Å². The highest BCUT2D eigenvalue weighted by Crippen LogP contribution is 2.16. The number of aromatic nitrogens is 5. The zero-order chi connectivity index (χ0) is 17.6. The maximum Gasteiger partial charge on any atom is 0.228 e. The van der Waals surface area contributed by atoms with Crippen molar-refractivity contribution in [1.82, 2.24) is 25.1 Å². The highest BCUT2D eigenvalue weighted by Gasteiger charge is 2.10. The van der Waals surface area contributed by atoms with Crippen molar-refractivity contribution in [2.75, 3.05) is 11.9 Å². The summed E-state index contributed by atoms with van der Waals surface area (Å²) >= 11 is 0. The molecule has 0 saturated carbocycles. The molecule has 0 aliphatic heterocycles. The van der Waals surface area contributed by atoms with Gasteiger partial charge in [0.1, 0.15) is 11.5 Å². The predicted molar refractivity (Wildman–Crippen MR) is 95.2 cm³/mol. The molecule has 7 nitrogen and oxygen atoms in total. The van der Waals surface area contributed by atoms with Gasteiger partial charge in [-0.05, 0) is 18.6 Å². The molecule has 3 aromatic heterocycles. The molecule has 130 valence electrons. The van der Waals surface area contributed by atoms with Crippen LogP contribution in [0.3, 0.4) is 0 Å². The lowest BCUT2D eigenvalue weighted by Crippen LogP contribution is -2.09. The van der Waals surface area contributed by atoms with E-state index in [0.29, 0.717) is 24.7 Å². The monoisotopic (exact) mass is 338 g/mol. The first kappa shape index (κ1) is 17.0. The highest BCUT2D eigenvalue weighted by molar-refractivity contribution is 5.52. The predicted octanol–water partition coefficient (Wildman–Crippen LogP) is 3.26. The van der Waals surface area contributed by atoms with Crippen LogP contribution in [-0.2, 0) is 12.8 Å². The molecule has 7 heteroatoms. The Morgan fingerprint density at radius 1 is 1.16 bits per heavy atom. The molecule has 0 aromatic carbocycles. The Balaban J connectivity index is 1.69. The van der Waals surface area contributed by atoms with Crippen LogP contribution in [0.15, 0.2) is 35.0 Å². The first-order chi connectivity index (χ1) is 12.2. The van der Waals surface area contributed by atoms with Gasteiger partial charge in [-0.15, -0.1) is 0 Å². The van der Waals surface area contributed by atoms with Crippen LogP contribution in [0.2, 0.25) is 0 Å². The van der Waals surface area contributed by atoms with Crippen LogP contribution in [0.5, 0.6) is 0 Å². The van der Waals surface area contributed by atoms with E-state index in [-0.39, 0.29) is 5.92 Å². The van der Waals surface area contributed by atoms with Crippen molar-refractivity contribution in [3.63, 3.8) is 0 Å². The summed E-state index contributed by atoms with van der Waals surface area (Å²) < 4.78 is 5.26.